The van der Waals surface area contributed by atoms with E-state index in [4.69, 9.17) is 4.98 Å². The van der Waals surface area contributed by atoms with E-state index in [1.54, 1.807) is 23.5 Å². The number of sulfonamides is 1. The van der Waals surface area contributed by atoms with Gasteiger partial charge in [-0.05, 0) is 24.6 Å². The van der Waals surface area contributed by atoms with Gasteiger partial charge in [0.25, 0.3) is 0 Å². The number of thiazole rings is 1. The van der Waals surface area contributed by atoms with Crippen molar-refractivity contribution in [3.63, 3.8) is 0 Å². The lowest BCUT2D eigenvalue weighted by Crippen LogP contribution is -2.30. The second-order valence-corrected chi connectivity index (χ2v) is 9.29. The van der Waals surface area contributed by atoms with Crippen molar-refractivity contribution < 1.29 is 8.42 Å². The minimum Gasteiger partial charge on any atom is -0.241 e. The van der Waals surface area contributed by atoms with Crippen LogP contribution in [-0.2, 0) is 16.4 Å². The molecule has 1 aromatic heterocycles. The number of aryl methyl sites for hydroxylation is 1. The fraction of sp³-hybridized carbons (Fsp3) is 0.286. The summed E-state index contributed by atoms with van der Waals surface area (Å²) in [5.74, 6) is 0. The highest BCUT2D eigenvalue weighted by molar-refractivity contribution is 7.89. The van der Waals surface area contributed by atoms with E-state index in [0.717, 1.165) is 22.7 Å². The third-order valence-corrected chi connectivity index (χ3v) is 7.40. The van der Waals surface area contributed by atoms with Crippen LogP contribution in [0.4, 0.5) is 0 Å². The molecule has 0 amide bonds. The molecule has 0 atom stereocenters. The molecule has 0 unspecified atom stereocenters. The van der Waals surface area contributed by atoms with Crippen LogP contribution in [0.15, 0.2) is 58.8 Å². The molecule has 0 fully saturated rings. The zero-order valence-corrected chi connectivity index (χ0v) is 17.5. The zero-order valence-electron chi connectivity index (χ0n) is 15.8. The summed E-state index contributed by atoms with van der Waals surface area (Å²) in [6.07, 6.45) is 0.806. The fourth-order valence-corrected chi connectivity index (χ4v) is 5.33. The highest BCUT2D eigenvalue weighted by Crippen LogP contribution is 2.25. The largest absolute Gasteiger partial charge is 0.243 e. The molecule has 0 spiro atoms. The lowest BCUT2D eigenvalue weighted by atomic mass is 10.1. The predicted molar refractivity (Wildman–Crippen MR) is 112 cm³/mol. The number of nitrogens with zero attached hydrogens (tertiary/aromatic N) is 2. The lowest BCUT2D eigenvalue weighted by Gasteiger charge is -2.18. The molecule has 0 saturated carbocycles. The summed E-state index contributed by atoms with van der Waals surface area (Å²) >= 11 is 1.63. The van der Waals surface area contributed by atoms with Crippen LogP contribution in [0, 0.1) is 6.92 Å². The molecular formula is C21H24N2O2S2. The van der Waals surface area contributed by atoms with E-state index in [0.29, 0.717) is 18.0 Å². The van der Waals surface area contributed by atoms with Crippen molar-refractivity contribution in [1.82, 2.24) is 9.29 Å². The van der Waals surface area contributed by atoms with Gasteiger partial charge in [-0.15, -0.1) is 11.3 Å². The molecule has 0 bridgehead atoms. The Bertz CT molecular complexity index is 1000. The van der Waals surface area contributed by atoms with Gasteiger partial charge in [0.15, 0.2) is 0 Å². The minimum atomic E-state index is -3.42. The first-order valence-electron chi connectivity index (χ1n) is 9.04. The van der Waals surface area contributed by atoms with Crippen molar-refractivity contribution in [1.29, 1.82) is 0 Å². The first-order valence-corrected chi connectivity index (χ1v) is 11.4. The van der Waals surface area contributed by atoms with E-state index in [2.05, 4.69) is 31.2 Å². The van der Waals surface area contributed by atoms with Crippen molar-refractivity contribution in [2.45, 2.75) is 32.1 Å². The topological polar surface area (TPSA) is 50.3 Å². The van der Waals surface area contributed by atoms with E-state index < -0.39 is 10.0 Å². The number of benzene rings is 2. The molecule has 142 valence electrons. The number of hydrogen-bond donors (Lipinski definition) is 0. The van der Waals surface area contributed by atoms with Crippen LogP contribution in [0.2, 0.25) is 0 Å². The standard InChI is InChI=1S/C21H24N2O2S2/c1-4-23(5-2)27(24,25)19-11-9-18(10-12-19)20-15-26-21(22-20)14-17-8-6-7-16(3)13-17/h6-13,15H,4-5,14H2,1-3H3. The van der Waals surface area contributed by atoms with Crippen LogP contribution in [0.1, 0.15) is 30.0 Å². The molecule has 3 aromatic rings. The van der Waals surface area contributed by atoms with Gasteiger partial charge in [0, 0.05) is 30.5 Å². The Kier molecular flexibility index (Phi) is 6.09. The van der Waals surface area contributed by atoms with Gasteiger partial charge >= 0.3 is 0 Å². The normalized spacial score (nSPS) is 11.9. The van der Waals surface area contributed by atoms with E-state index >= 15 is 0 Å². The quantitative estimate of drug-likeness (QED) is 0.576. The van der Waals surface area contributed by atoms with Gasteiger partial charge in [-0.25, -0.2) is 13.4 Å². The van der Waals surface area contributed by atoms with E-state index in [-0.39, 0.29) is 0 Å². The Morgan fingerprint density at radius 3 is 2.37 bits per heavy atom. The molecule has 1 heterocycles. The summed E-state index contributed by atoms with van der Waals surface area (Å²) in [7, 11) is -3.42. The maximum absolute atomic E-state index is 12.6. The number of hydrogen-bond acceptors (Lipinski definition) is 4. The Balaban J connectivity index is 1.79. The van der Waals surface area contributed by atoms with Crippen LogP contribution < -0.4 is 0 Å². The van der Waals surface area contributed by atoms with Crippen LogP contribution in [0.25, 0.3) is 11.3 Å². The van der Waals surface area contributed by atoms with Crippen LogP contribution in [-0.4, -0.2) is 30.8 Å². The Hall–Kier alpha value is -2.02. The Labute approximate surface area is 165 Å². The first-order chi connectivity index (χ1) is 12.9. The summed E-state index contributed by atoms with van der Waals surface area (Å²) in [6, 6.07) is 15.4. The minimum absolute atomic E-state index is 0.324. The Morgan fingerprint density at radius 2 is 1.74 bits per heavy atom. The molecule has 0 aliphatic rings. The zero-order chi connectivity index (χ0) is 19.4. The maximum Gasteiger partial charge on any atom is 0.243 e. The van der Waals surface area contributed by atoms with Gasteiger partial charge in [-0.1, -0.05) is 55.8 Å². The highest BCUT2D eigenvalue weighted by atomic mass is 32.2. The Morgan fingerprint density at radius 1 is 1.04 bits per heavy atom. The molecular weight excluding hydrogens is 376 g/mol. The first kappa shape index (κ1) is 19.7. The highest BCUT2D eigenvalue weighted by Gasteiger charge is 2.21. The average Bonchev–Trinajstić information content (AvgIpc) is 3.11. The third kappa shape index (κ3) is 4.46. The average molecular weight is 401 g/mol. The molecule has 3 rings (SSSR count). The van der Waals surface area contributed by atoms with Crippen molar-refractivity contribution in [3.05, 3.63) is 70.0 Å². The second kappa shape index (κ2) is 8.33. The van der Waals surface area contributed by atoms with Crippen molar-refractivity contribution >= 4 is 21.4 Å². The monoisotopic (exact) mass is 400 g/mol. The van der Waals surface area contributed by atoms with Gasteiger partial charge in [0.2, 0.25) is 10.0 Å². The van der Waals surface area contributed by atoms with E-state index in [1.807, 2.05) is 31.4 Å². The number of rotatable bonds is 7. The van der Waals surface area contributed by atoms with Crippen molar-refractivity contribution in [3.8, 4) is 11.3 Å². The van der Waals surface area contributed by atoms with Gasteiger partial charge in [0.05, 0.1) is 15.6 Å². The fourth-order valence-electron chi connectivity index (χ4n) is 3.03. The van der Waals surface area contributed by atoms with Gasteiger partial charge in [-0.2, -0.15) is 4.31 Å². The summed E-state index contributed by atoms with van der Waals surface area (Å²) in [4.78, 5) is 5.05. The van der Waals surface area contributed by atoms with Crippen molar-refractivity contribution in [2.24, 2.45) is 0 Å². The molecule has 6 heteroatoms. The second-order valence-electron chi connectivity index (χ2n) is 6.41. The summed E-state index contributed by atoms with van der Waals surface area (Å²) in [5.41, 5.74) is 4.31. The molecule has 0 aliphatic carbocycles. The summed E-state index contributed by atoms with van der Waals surface area (Å²) in [5, 5.41) is 3.08. The smallest absolute Gasteiger partial charge is 0.241 e. The van der Waals surface area contributed by atoms with Crippen molar-refractivity contribution in [2.75, 3.05) is 13.1 Å². The molecule has 0 N–H and O–H groups in total. The molecule has 0 radical (unpaired) electrons. The van der Waals surface area contributed by atoms with Gasteiger partial charge in [-0.3, -0.25) is 0 Å². The summed E-state index contributed by atoms with van der Waals surface area (Å²) < 4.78 is 26.6. The van der Waals surface area contributed by atoms with E-state index in [9.17, 15) is 8.42 Å². The van der Waals surface area contributed by atoms with Gasteiger partial charge < -0.3 is 0 Å². The number of aromatic nitrogens is 1. The molecule has 0 aliphatic heterocycles. The van der Waals surface area contributed by atoms with E-state index in [1.165, 1.54) is 15.4 Å². The van der Waals surface area contributed by atoms with Crippen LogP contribution >= 0.6 is 11.3 Å². The molecule has 4 nitrogen and oxygen atoms in total. The van der Waals surface area contributed by atoms with Crippen LogP contribution in [0.3, 0.4) is 0 Å². The molecule has 2 aromatic carbocycles. The van der Waals surface area contributed by atoms with Crippen LogP contribution in [0.5, 0.6) is 0 Å². The summed E-state index contributed by atoms with van der Waals surface area (Å²) in [6.45, 7) is 6.72. The van der Waals surface area contributed by atoms with Gasteiger partial charge in [0.1, 0.15) is 0 Å². The molecule has 27 heavy (non-hydrogen) atoms. The lowest BCUT2D eigenvalue weighted by molar-refractivity contribution is 0.445. The third-order valence-electron chi connectivity index (χ3n) is 4.48. The maximum atomic E-state index is 12.6. The predicted octanol–water partition coefficient (Wildman–Crippen LogP) is 4.74. The SMILES string of the molecule is CCN(CC)S(=O)(=O)c1ccc(-c2csc(Cc3cccc(C)c3)n2)cc1. The molecule has 0 saturated heterocycles.